The molecule has 0 saturated carbocycles. The van der Waals surface area contributed by atoms with Crippen molar-refractivity contribution in [2.75, 3.05) is 27.8 Å². The van der Waals surface area contributed by atoms with Crippen LogP contribution < -0.4 is 0 Å². The molecule has 4 rings (SSSR count). The van der Waals surface area contributed by atoms with Crippen LogP contribution >= 0.6 is 0 Å². The number of methoxy groups -OCH3 is 2. The number of carbonyl (C=O) groups is 2. The van der Waals surface area contributed by atoms with Crippen LogP contribution in [-0.2, 0) is 47.5 Å². The second kappa shape index (κ2) is 17.9. The molecule has 0 aromatic rings. The fourth-order valence-corrected chi connectivity index (χ4v) is 9.20. The third-order valence-corrected chi connectivity index (χ3v) is 12.9. The Kier molecular flexibility index (Phi) is 14.9. The van der Waals surface area contributed by atoms with E-state index >= 15 is 0 Å². The molecule has 4 heterocycles. The third kappa shape index (κ3) is 9.20. The number of Topliss-reactive ketones (excluding diaryl/α,β-unsaturated/α-hetero) is 1. The van der Waals surface area contributed by atoms with Crippen LogP contribution in [-0.4, -0.2) is 150 Å². The van der Waals surface area contributed by atoms with Crippen molar-refractivity contribution in [1.29, 1.82) is 0 Å². The van der Waals surface area contributed by atoms with Crippen LogP contribution in [0.3, 0.4) is 0 Å². The van der Waals surface area contributed by atoms with Crippen LogP contribution in [0.5, 0.6) is 0 Å². The number of hydrogen-bond donors (Lipinski definition) is 3. The number of likely N-dealkylation sites (N-methyl/N-ethyl adjacent to an activating group) is 1. The van der Waals surface area contributed by atoms with Crippen molar-refractivity contribution in [3.8, 4) is 0 Å². The number of nitrogens with zero attached hydrogens (tertiary/aromatic N) is 2. The predicted molar refractivity (Wildman–Crippen MR) is 202 cm³/mol. The average Bonchev–Trinajstić information content (AvgIpc) is 3.45. The van der Waals surface area contributed by atoms with E-state index in [2.05, 4.69) is 4.99 Å². The fraction of sp³-hybridized carbons (Fsp3) is 0.925. The van der Waals surface area contributed by atoms with Crippen LogP contribution in [0.25, 0.3) is 0 Å². The molecule has 15 heteroatoms. The maximum Gasteiger partial charge on any atom is 0.311 e. The number of fused-ring (bicyclic) bond motifs is 1. The van der Waals surface area contributed by atoms with Gasteiger partial charge in [0, 0.05) is 52.0 Å². The Balaban J connectivity index is 1.87. The monoisotopic (exact) mass is 786 g/mol. The van der Waals surface area contributed by atoms with Gasteiger partial charge in [-0.15, -0.1) is 0 Å². The van der Waals surface area contributed by atoms with E-state index in [1.807, 2.05) is 39.6 Å². The Morgan fingerprint density at radius 1 is 0.873 bits per heavy atom. The van der Waals surface area contributed by atoms with Gasteiger partial charge in [-0.1, -0.05) is 27.7 Å². The number of ether oxygens (including phenoxy) is 8. The zero-order valence-corrected chi connectivity index (χ0v) is 35.5. The average molecular weight is 787 g/mol. The molecule has 4 saturated heterocycles. The number of carbonyl (C=O) groups excluding carboxylic acids is 2. The van der Waals surface area contributed by atoms with Gasteiger partial charge >= 0.3 is 5.97 Å². The van der Waals surface area contributed by atoms with Gasteiger partial charge in [0.05, 0.1) is 53.7 Å². The largest absolute Gasteiger partial charge is 0.459 e. The topological polar surface area (TPSA) is 184 Å². The zero-order chi connectivity index (χ0) is 41.4. The summed E-state index contributed by atoms with van der Waals surface area (Å²) in [4.78, 5) is 35.0. The second-order valence-corrected chi connectivity index (χ2v) is 17.1. The Morgan fingerprint density at radius 2 is 1.51 bits per heavy atom. The summed E-state index contributed by atoms with van der Waals surface area (Å²) >= 11 is 0. The Labute approximate surface area is 327 Å². The van der Waals surface area contributed by atoms with Gasteiger partial charge in [-0.3, -0.25) is 9.59 Å². The van der Waals surface area contributed by atoms with Crippen molar-refractivity contribution in [2.24, 2.45) is 28.7 Å². The Morgan fingerprint density at radius 3 is 2.09 bits per heavy atom. The van der Waals surface area contributed by atoms with Gasteiger partial charge in [-0.25, -0.2) is 4.99 Å². The van der Waals surface area contributed by atoms with Crippen molar-refractivity contribution in [3.63, 3.8) is 0 Å². The first kappa shape index (κ1) is 45.7. The summed E-state index contributed by atoms with van der Waals surface area (Å²) in [5.74, 6) is -4.34. The molecule has 0 aliphatic carbocycles. The van der Waals surface area contributed by atoms with Crippen LogP contribution in [0, 0.1) is 23.7 Å². The quantitative estimate of drug-likeness (QED) is 0.305. The summed E-state index contributed by atoms with van der Waals surface area (Å²) in [6.07, 6.45) is -7.68. The summed E-state index contributed by atoms with van der Waals surface area (Å²) in [6, 6.07) is 0.398. The van der Waals surface area contributed by atoms with Gasteiger partial charge < -0.3 is 58.1 Å². The SMILES string of the molecule is CCN=C1O[C@H]2[C@@H](O[C@@H]3[C@@H](C)[C@H](O[C@H]4C[C@@](C)(OC)[C@@H](O)[C@H](C)O4)[C@@H](C)C(=O)O[C@H](CC)[C@@](C)(O)[C@H](O)[C@@H](C)C(=O)[C@H](C)C[C@@]3(C)OC)O[C@H](C)C[C@@H]2N1C. The lowest BCUT2D eigenvalue weighted by molar-refractivity contribution is -0.315. The molecule has 55 heavy (non-hydrogen) atoms. The van der Waals surface area contributed by atoms with Crippen LogP contribution in [0.1, 0.15) is 102 Å². The number of aliphatic hydroxyl groups is 3. The normalized spacial score (nSPS) is 48.6. The minimum atomic E-state index is -1.96. The molecule has 4 aliphatic heterocycles. The van der Waals surface area contributed by atoms with Gasteiger partial charge in [0.2, 0.25) is 0 Å². The standard InChI is InChI=1S/C40H70N2O13/c1-15-27-40(11,47)32(44)22(5)29(43)20(3)18-39(10,49-14)34(55-36-31-26(17-21(4)50-36)42(12)37(54-31)41-16-2)23(6)30(24(7)35(46)52-27)53-28-19-38(9,48-13)33(45)25(8)51-28/h20-28,30-34,36,44-45,47H,15-19H2,1-14H3/t20-,21-,22+,23+,24-,25+,26+,27-,28+,30+,31-,32-,33+,34-,36-,38-,39-,40-/m1/s1. The summed E-state index contributed by atoms with van der Waals surface area (Å²) in [5.41, 5.74) is -4.20. The van der Waals surface area contributed by atoms with E-state index < -0.39 is 102 Å². The molecule has 0 amide bonds. The molecular weight excluding hydrogens is 716 g/mol. The lowest BCUT2D eigenvalue weighted by Crippen LogP contribution is -2.61. The summed E-state index contributed by atoms with van der Waals surface area (Å²) < 4.78 is 51.1. The van der Waals surface area contributed by atoms with Crippen LogP contribution in [0.15, 0.2) is 4.99 Å². The van der Waals surface area contributed by atoms with E-state index in [1.54, 1.807) is 48.7 Å². The summed E-state index contributed by atoms with van der Waals surface area (Å²) in [5, 5.41) is 34.2. The Bertz CT molecular complexity index is 1350. The lowest BCUT2D eigenvalue weighted by atomic mass is 9.74. The zero-order valence-electron chi connectivity index (χ0n) is 35.5. The van der Waals surface area contributed by atoms with Gasteiger partial charge in [-0.05, 0) is 67.7 Å². The number of cyclic esters (lactones) is 1. The Hall–Kier alpha value is -1.95. The number of aliphatic imine (C=N–C) groups is 1. The molecule has 0 bridgehead atoms. The highest BCUT2D eigenvalue weighted by atomic mass is 16.7. The number of esters is 1. The molecule has 318 valence electrons. The molecule has 18 atom stereocenters. The number of amidine groups is 1. The second-order valence-electron chi connectivity index (χ2n) is 17.1. The highest BCUT2D eigenvalue weighted by Crippen LogP contribution is 2.42. The molecule has 15 nitrogen and oxygen atoms in total. The molecule has 0 radical (unpaired) electrons. The number of hydrogen-bond acceptors (Lipinski definition) is 14. The minimum absolute atomic E-state index is 0.0977. The molecule has 0 aromatic heterocycles. The first-order valence-electron chi connectivity index (χ1n) is 20.1. The lowest BCUT2D eigenvalue weighted by Gasteiger charge is -2.49. The van der Waals surface area contributed by atoms with E-state index in [9.17, 15) is 24.9 Å². The molecule has 0 unspecified atom stereocenters. The van der Waals surface area contributed by atoms with E-state index in [4.69, 9.17) is 37.9 Å². The fourth-order valence-electron chi connectivity index (χ4n) is 9.20. The number of aliphatic hydroxyl groups excluding tert-OH is 2. The van der Waals surface area contributed by atoms with Gasteiger partial charge in [-0.2, -0.15) is 0 Å². The van der Waals surface area contributed by atoms with Crippen LogP contribution in [0.2, 0.25) is 0 Å². The highest BCUT2D eigenvalue weighted by Gasteiger charge is 2.55. The van der Waals surface area contributed by atoms with Crippen molar-refractivity contribution in [1.82, 2.24) is 4.90 Å². The first-order valence-corrected chi connectivity index (χ1v) is 20.1. The smallest absolute Gasteiger partial charge is 0.311 e. The third-order valence-electron chi connectivity index (χ3n) is 12.9. The number of rotatable bonds is 8. The predicted octanol–water partition coefficient (Wildman–Crippen LogP) is 3.22. The van der Waals surface area contributed by atoms with Crippen molar-refractivity contribution in [2.45, 2.75) is 186 Å². The van der Waals surface area contributed by atoms with Crippen LogP contribution in [0.4, 0.5) is 0 Å². The molecule has 0 aromatic carbocycles. The molecular formula is C40H70N2O13. The van der Waals surface area contributed by atoms with Crippen molar-refractivity contribution < 1.29 is 62.8 Å². The molecule has 3 N–H and O–H groups in total. The van der Waals surface area contributed by atoms with E-state index in [0.29, 0.717) is 19.0 Å². The minimum Gasteiger partial charge on any atom is -0.459 e. The van der Waals surface area contributed by atoms with Gasteiger partial charge in [0.15, 0.2) is 18.7 Å². The maximum absolute atomic E-state index is 14.3. The van der Waals surface area contributed by atoms with Gasteiger partial charge in [0.1, 0.15) is 23.6 Å². The summed E-state index contributed by atoms with van der Waals surface area (Å²) in [7, 11) is 5.00. The summed E-state index contributed by atoms with van der Waals surface area (Å²) in [6.45, 7) is 19.8. The van der Waals surface area contributed by atoms with E-state index in [0.717, 1.165) is 0 Å². The first-order chi connectivity index (χ1) is 25.6. The highest BCUT2D eigenvalue weighted by molar-refractivity contribution is 5.83. The van der Waals surface area contributed by atoms with Gasteiger partial charge in [0.25, 0.3) is 6.02 Å². The van der Waals surface area contributed by atoms with Crippen molar-refractivity contribution >= 4 is 17.8 Å². The maximum atomic E-state index is 14.3. The molecule has 4 fully saturated rings. The van der Waals surface area contributed by atoms with E-state index in [-0.39, 0.29) is 37.2 Å². The molecule has 4 aliphatic rings. The van der Waals surface area contributed by atoms with Crippen molar-refractivity contribution in [3.05, 3.63) is 0 Å². The van der Waals surface area contributed by atoms with E-state index in [1.165, 1.54) is 14.0 Å². The number of ketones is 1. The molecule has 0 spiro atoms.